The SMILES string of the molecule is CC(=O)NC(CC(=O)N(CC(C)C(=O)O)C1CC1)c1ccc(C)cc1. The van der Waals surface area contributed by atoms with Gasteiger partial charge in [-0.15, -0.1) is 0 Å². The number of hydrogen-bond acceptors (Lipinski definition) is 3. The number of aliphatic carboxylic acids is 1. The number of benzene rings is 1. The van der Waals surface area contributed by atoms with E-state index >= 15 is 0 Å². The minimum Gasteiger partial charge on any atom is -0.481 e. The summed E-state index contributed by atoms with van der Waals surface area (Å²) in [4.78, 5) is 37.1. The molecule has 2 amide bonds. The van der Waals surface area contributed by atoms with Gasteiger partial charge in [0.05, 0.1) is 18.4 Å². The molecular weight excluding hydrogens is 320 g/mol. The highest BCUT2D eigenvalue weighted by Crippen LogP contribution is 2.30. The van der Waals surface area contributed by atoms with E-state index in [4.69, 9.17) is 5.11 Å². The minimum atomic E-state index is -0.907. The number of carbonyl (C=O) groups excluding carboxylic acids is 2. The maximum Gasteiger partial charge on any atom is 0.308 e. The Morgan fingerprint density at radius 3 is 2.32 bits per heavy atom. The molecule has 1 aliphatic carbocycles. The molecule has 1 saturated carbocycles. The molecule has 0 radical (unpaired) electrons. The van der Waals surface area contributed by atoms with Gasteiger partial charge < -0.3 is 15.3 Å². The third kappa shape index (κ3) is 5.59. The van der Waals surface area contributed by atoms with E-state index in [2.05, 4.69) is 5.32 Å². The van der Waals surface area contributed by atoms with E-state index in [0.717, 1.165) is 24.0 Å². The first-order valence-corrected chi connectivity index (χ1v) is 8.64. The fraction of sp³-hybridized carbons (Fsp3) is 0.526. The Labute approximate surface area is 148 Å². The fourth-order valence-corrected chi connectivity index (χ4v) is 2.80. The standard InChI is InChI=1S/C19H26N2O4/c1-12-4-6-15(7-5-12)17(20-14(3)22)10-18(23)21(16-8-9-16)11-13(2)19(24)25/h4-7,13,16-17H,8-11H2,1-3H3,(H,20,22)(H,24,25). The summed E-state index contributed by atoms with van der Waals surface area (Å²) in [5, 5.41) is 12.0. The van der Waals surface area contributed by atoms with Crippen LogP contribution in [0.15, 0.2) is 24.3 Å². The van der Waals surface area contributed by atoms with Crippen molar-refractivity contribution in [3.8, 4) is 0 Å². The van der Waals surface area contributed by atoms with Crippen LogP contribution in [-0.4, -0.2) is 40.4 Å². The topological polar surface area (TPSA) is 86.7 Å². The molecule has 2 atom stereocenters. The van der Waals surface area contributed by atoms with Crippen molar-refractivity contribution in [2.75, 3.05) is 6.54 Å². The van der Waals surface area contributed by atoms with E-state index < -0.39 is 17.9 Å². The monoisotopic (exact) mass is 346 g/mol. The van der Waals surface area contributed by atoms with Gasteiger partial charge in [-0.25, -0.2) is 0 Å². The molecule has 0 bridgehead atoms. The van der Waals surface area contributed by atoms with Crippen molar-refractivity contribution in [3.05, 3.63) is 35.4 Å². The van der Waals surface area contributed by atoms with Crippen LogP contribution in [0.25, 0.3) is 0 Å². The van der Waals surface area contributed by atoms with Crippen molar-refractivity contribution >= 4 is 17.8 Å². The van der Waals surface area contributed by atoms with Gasteiger partial charge in [-0.3, -0.25) is 14.4 Å². The summed E-state index contributed by atoms with van der Waals surface area (Å²) in [7, 11) is 0. The predicted octanol–water partition coefficient (Wildman–Crippen LogP) is 2.27. The Kier molecular flexibility index (Phi) is 6.17. The van der Waals surface area contributed by atoms with Crippen LogP contribution >= 0.6 is 0 Å². The zero-order valence-electron chi connectivity index (χ0n) is 15.0. The lowest BCUT2D eigenvalue weighted by molar-refractivity contribution is -0.143. The number of amides is 2. The third-order valence-corrected chi connectivity index (χ3v) is 4.44. The average Bonchev–Trinajstić information content (AvgIpc) is 3.36. The van der Waals surface area contributed by atoms with Gasteiger partial charge in [0.25, 0.3) is 0 Å². The number of hydrogen-bond donors (Lipinski definition) is 2. The van der Waals surface area contributed by atoms with Crippen molar-refractivity contribution in [2.24, 2.45) is 5.92 Å². The van der Waals surface area contributed by atoms with Crippen molar-refractivity contribution in [1.29, 1.82) is 0 Å². The summed E-state index contributed by atoms with van der Waals surface area (Å²) >= 11 is 0. The van der Waals surface area contributed by atoms with Crippen LogP contribution < -0.4 is 5.32 Å². The van der Waals surface area contributed by atoms with E-state index in [1.165, 1.54) is 6.92 Å². The number of aryl methyl sites for hydroxylation is 1. The van der Waals surface area contributed by atoms with Gasteiger partial charge in [-0.2, -0.15) is 0 Å². The van der Waals surface area contributed by atoms with Crippen LogP contribution in [0.1, 0.15) is 50.3 Å². The second kappa shape index (κ2) is 8.14. The largest absolute Gasteiger partial charge is 0.481 e. The first-order valence-electron chi connectivity index (χ1n) is 8.64. The molecule has 2 N–H and O–H groups in total. The van der Waals surface area contributed by atoms with Gasteiger partial charge in [-0.05, 0) is 25.3 Å². The van der Waals surface area contributed by atoms with Crippen molar-refractivity contribution in [2.45, 2.75) is 52.1 Å². The van der Waals surface area contributed by atoms with E-state index in [9.17, 15) is 14.4 Å². The van der Waals surface area contributed by atoms with E-state index in [-0.39, 0.29) is 30.8 Å². The summed E-state index contributed by atoms with van der Waals surface area (Å²) in [6.45, 7) is 5.22. The first-order chi connectivity index (χ1) is 11.8. The molecule has 0 aromatic heterocycles. The quantitative estimate of drug-likeness (QED) is 0.756. The number of rotatable bonds is 8. The van der Waals surface area contributed by atoms with Crippen LogP contribution in [0, 0.1) is 12.8 Å². The molecule has 2 rings (SSSR count). The number of carbonyl (C=O) groups is 3. The third-order valence-electron chi connectivity index (χ3n) is 4.44. The lowest BCUT2D eigenvalue weighted by atomic mass is 10.0. The molecule has 1 aliphatic rings. The molecule has 6 nitrogen and oxygen atoms in total. The van der Waals surface area contributed by atoms with Gasteiger partial charge >= 0.3 is 5.97 Å². The molecule has 136 valence electrons. The molecule has 1 aromatic rings. The zero-order valence-corrected chi connectivity index (χ0v) is 15.0. The lowest BCUT2D eigenvalue weighted by Gasteiger charge is -2.27. The van der Waals surface area contributed by atoms with Gasteiger partial charge in [0.2, 0.25) is 11.8 Å². The molecular formula is C19H26N2O4. The molecule has 1 fully saturated rings. The Morgan fingerprint density at radius 2 is 1.84 bits per heavy atom. The van der Waals surface area contributed by atoms with Crippen LogP contribution in [0.4, 0.5) is 0 Å². The number of carboxylic acid groups (broad SMARTS) is 1. The van der Waals surface area contributed by atoms with E-state index in [1.807, 2.05) is 31.2 Å². The number of nitrogens with zero attached hydrogens (tertiary/aromatic N) is 1. The van der Waals surface area contributed by atoms with Gasteiger partial charge in [-0.1, -0.05) is 36.8 Å². The first kappa shape index (κ1) is 19.0. The maximum absolute atomic E-state index is 12.8. The summed E-state index contributed by atoms with van der Waals surface area (Å²) in [5.74, 6) is -1.83. The highest BCUT2D eigenvalue weighted by Gasteiger charge is 2.35. The van der Waals surface area contributed by atoms with Crippen LogP contribution in [-0.2, 0) is 14.4 Å². The molecule has 0 heterocycles. The fourth-order valence-electron chi connectivity index (χ4n) is 2.80. The second-order valence-electron chi connectivity index (χ2n) is 6.88. The van der Waals surface area contributed by atoms with Crippen LogP contribution in [0.2, 0.25) is 0 Å². The molecule has 0 saturated heterocycles. The minimum absolute atomic E-state index is 0.116. The summed E-state index contributed by atoms with van der Waals surface area (Å²) in [6.07, 6.45) is 1.95. The molecule has 6 heteroatoms. The van der Waals surface area contributed by atoms with Gasteiger partial charge in [0.15, 0.2) is 0 Å². The Bertz CT molecular complexity index is 637. The number of nitrogens with one attached hydrogen (secondary N) is 1. The molecule has 2 unspecified atom stereocenters. The van der Waals surface area contributed by atoms with Crippen LogP contribution in [0.5, 0.6) is 0 Å². The van der Waals surface area contributed by atoms with E-state index in [0.29, 0.717) is 0 Å². The Hall–Kier alpha value is -2.37. The Morgan fingerprint density at radius 1 is 1.24 bits per heavy atom. The maximum atomic E-state index is 12.8. The highest BCUT2D eigenvalue weighted by atomic mass is 16.4. The summed E-state index contributed by atoms with van der Waals surface area (Å²) < 4.78 is 0. The molecule has 0 spiro atoms. The van der Waals surface area contributed by atoms with Gasteiger partial charge in [0.1, 0.15) is 0 Å². The van der Waals surface area contributed by atoms with E-state index in [1.54, 1.807) is 11.8 Å². The predicted molar refractivity (Wildman–Crippen MR) is 93.9 cm³/mol. The Balaban J connectivity index is 2.12. The zero-order chi connectivity index (χ0) is 18.6. The lowest BCUT2D eigenvalue weighted by Crippen LogP contribution is -2.40. The average molecular weight is 346 g/mol. The smallest absolute Gasteiger partial charge is 0.308 e. The van der Waals surface area contributed by atoms with Crippen molar-refractivity contribution in [1.82, 2.24) is 10.2 Å². The van der Waals surface area contributed by atoms with Crippen molar-refractivity contribution in [3.63, 3.8) is 0 Å². The summed E-state index contributed by atoms with van der Waals surface area (Å²) in [5.41, 5.74) is 1.97. The molecule has 25 heavy (non-hydrogen) atoms. The molecule has 0 aliphatic heterocycles. The van der Waals surface area contributed by atoms with Gasteiger partial charge in [0, 0.05) is 19.5 Å². The summed E-state index contributed by atoms with van der Waals surface area (Å²) in [6, 6.07) is 7.42. The molecule has 1 aromatic carbocycles. The normalized spacial score (nSPS) is 16.0. The van der Waals surface area contributed by atoms with Crippen LogP contribution in [0.3, 0.4) is 0 Å². The number of carboxylic acids is 1. The highest BCUT2D eigenvalue weighted by molar-refractivity contribution is 5.80. The van der Waals surface area contributed by atoms with Crippen molar-refractivity contribution < 1.29 is 19.5 Å². The second-order valence-corrected chi connectivity index (χ2v) is 6.88.